The Hall–Kier alpha value is -1.86. The van der Waals surface area contributed by atoms with E-state index in [1.807, 2.05) is 0 Å². The van der Waals surface area contributed by atoms with E-state index in [0.29, 0.717) is 5.92 Å². The number of hydrogen-bond acceptors (Lipinski definition) is 1. The summed E-state index contributed by atoms with van der Waals surface area (Å²) in [6.45, 7) is 8.80. The van der Waals surface area contributed by atoms with Crippen molar-refractivity contribution in [3.05, 3.63) is 83.9 Å². The predicted molar refractivity (Wildman–Crippen MR) is 106 cm³/mol. The van der Waals surface area contributed by atoms with Gasteiger partial charge in [-0.25, -0.2) is 0 Å². The summed E-state index contributed by atoms with van der Waals surface area (Å²) in [5.41, 5.74) is 3.08. The van der Waals surface area contributed by atoms with E-state index in [9.17, 15) is 0 Å². The van der Waals surface area contributed by atoms with Gasteiger partial charge in [0.25, 0.3) is 0 Å². The molecule has 1 heteroatoms. The standard InChI is InChI=1S/C19H20.C4H11N/c1-19(17-12-6-3-7-13-17)15-9-8-14-18(19)16-10-4-2-5-11-16;1-3-5-4-2/h2-8,10-14,18H,9,15H2,1H3;5H,3-4H2,1-2H3. The lowest BCUT2D eigenvalue weighted by Gasteiger charge is -2.39. The van der Waals surface area contributed by atoms with Crippen LogP contribution in [0, 0.1) is 0 Å². The van der Waals surface area contributed by atoms with E-state index in [0.717, 1.165) is 13.1 Å². The van der Waals surface area contributed by atoms with Crippen molar-refractivity contribution in [2.24, 2.45) is 0 Å². The molecule has 1 N–H and O–H groups in total. The highest BCUT2D eigenvalue weighted by molar-refractivity contribution is 5.38. The molecule has 1 aliphatic rings. The van der Waals surface area contributed by atoms with Crippen LogP contribution in [0.2, 0.25) is 0 Å². The van der Waals surface area contributed by atoms with Crippen LogP contribution in [0.1, 0.15) is 50.7 Å². The van der Waals surface area contributed by atoms with Gasteiger partial charge in [-0.1, -0.05) is 93.6 Å². The smallest absolute Gasteiger partial charge is 0.0112 e. The Balaban J connectivity index is 0.000000368. The number of allylic oxidation sites excluding steroid dienone is 2. The first-order valence-electron chi connectivity index (χ1n) is 9.20. The van der Waals surface area contributed by atoms with Crippen LogP contribution in [0.5, 0.6) is 0 Å². The Morgan fingerprint density at radius 1 is 0.917 bits per heavy atom. The molecule has 3 rings (SSSR count). The van der Waals surface area contributed by atoms with Gasteiger partial charge in [0.05, 0.1) is 0 Å². The molecule has 2 aromatic carbocycles. The summed E-state index contributed by atoms with van der Waals surface area (Å²) in [6, 6.07) is 21.8. The summed E-state index contributed by atoms with van der Waals surface area (Å²) < 4.78 is 0. The molecule has 2 atom stereocenters. The van der Waals surface area contributed by atoms with E-state index in [1.165, 1.54) is 24.0 Å². The third-order valence-corrected chi connectivity index (χ3v) is 4.94. The van der Waals surface area contributed by atoms with Crippen molar-refractivity contribution in [2.45, 2.75) is 44.9 Å². The second kappa shape index (κ2) is 9.44. The molecule has 2 aromatic rings. The molecule has 0 aromatic heterocycles. The molecule has 0 radical (unpaired) electrons. The number of rotatable bonds is 4. The van der Waals surface area contributed by atoms with Gasteiger partial charge in [0, 0.05) is 11.3 Å². The average molecular weight is 322 g/mol. The van der Waals surface area contributed by atoms with Gasteiger partial charge in [0.15, 0.2) is 0 Å². The minimum Gasteiger partial charge on any atom is -0.317 e. The number of nitrogens with one attached hydrogen (secondary N) is 1. The molecule has 0 bridgehead atoms. The molecule has 0 fully saturated rings. The van der Waals surface area contributed by atoms with Crippen LogP contribution >= 0.6 is 0 Å². The van der Waals surface area contributed by atoms with Crippen LogP contribution in [-0.4, -0.2) is 13.1 Å². The molecule has 0 heterocycles. The second-order valence-electron chi connectivity index (χ2n) is 6.60. The zero-order chi connectivity index (χ0) is 17.3. The van der Waals surface area contributed by atoms with Gasteiger partial charge in [0.1, 0.15) is 0 Å². The fraction of sp³-hybridized carbons (Fsp3) is 0.391. The zero-order valence-corrected chi connectivity index (χ0v) is 15.3. The van der Waals surface area contributed by atoms with Crippen molar-refractivity contribution in [2.75, 3.05) is 13.1 Å². The first-order valence-corrected chi connectivity index (χ1v) is 9.20. The summed E-state index contributed by atoms with van der Waals surface area (Å²) in [7, 11) is 0. The lowest BCUT2D eigenvalue weighted by molar-refractivity contribution is 0.379. The van der Waals surface area contributed by atoms with Crippen LogP contribution in [0.3, 0.4) is 0 Å². The van der Waals surface area contributed by atoms with Gasteiger partial charge in [-0.15, -0.1) is 0 Å². The van der Waals surface area contributed by atoms with E-state index in [2.05, 4.69) is 98.9 Å². The molecule has 0 saturated carbocycles. The van der Waals surface area contributed by atoms with E-state index in [1.54, 1.807) is 0 Å². The maximum Gasteiger partial charge on any atom is 0.0112 e. The SMILES string of the molecule is CC1(c2ccccc2)CCC=CC1c1ccccc1.CCNCC. The number of hydrogen-bond donors (Lipinski definition) is 1. The van der Waals surface area contributed by atoms with E-state index < -0.39 is 0 Å². The summed E-state index contributed by atoms with van der Waals surface area (Å²) in [4.78, 5) is 0. The Morgan fingerprint density at radius 2 is 1.50 bits per heavy atom. The predicted octanol–water partition coefficient (Wildman–Crippen LogP) is 5.69. The Bertz CT molecular complexity index is 600. The minimum atomic E-state index is 0.206. The molecule has 2 unspecified atom stereocenters. The van der Waals surface area contributed by atoms with E-state index in [4.69, 9.17) is 0 Å². The Morgan fingerprint density at radius 3 is 2.04 bits per heavy atom. The van der Waals surface area contributed by atoms with Gasteiger partial charge in [0.2, 0.25) is 0 Å². The fourth-order valence-corrected chi connectivity index (χ4v) is 3.52. The lowest BCUT2D eigenvalue weighted by Crippen LogP contribution is -2.31. The molecule has 1 aliphatic carbocycles. The van der Waals surface area contributed by atoms with Crippen molar-refractivity contribution < 1.29 is 0 Å². The van der Waals surface area contributed by atoms with Gasteiger partial charge in [-0.05, 0) is 37.1 Å². The quantitative estimate of drug-likeness (QED) is 0.713. The van der Waals surface area contributed by atoms with Crippen molar-refractivity contribution in [3.63, 3.8) is 0 Å². The molecule has 0 amide bonds. The topological polar surface area (TPSA) is 12.0 Å². The normalized spacial score (nSPS) is 22.5. The van der Waals surface area contributed by atoms with Crippen LogP contribution in [0.25, 0.3) is 0 Å². The first-order chi connectivity index (χ1) is 11.7. The molecule has 1 nitrogen and oxygen atoms in total. The van der Waals surface area contributed by atoms with Crippen LogP contribution in [-0.2, 0) is 5.41 Å². The van der Waals surface area contributed by atoms with E-state index >= 15 is 0 Å². The number of benzene rings is 2. The summed E-state index contributed by atoms with van der Waals surface area (Å²) in [5, 5.41) is 3.11. The Kier molecular flexibility index (Phi) is 7.27. The average Bonchev–Trinajstić information content (AvgIpc) is 2.65. The van der Waals surface area contributed by atoms with Crippen molar-refractivity contribution in [3.8, 4) is 0 Å². The summed E-state index contributed by atoms with van der Waals surface area (Å²) in [5.74, 6) is 0.477. The van der Waals surface area contributed by atoms with E-state index in [-0.39, 0.29) is 5.41 Å². The van der Waals surface area contributed by atoms with Crippen LogP contribution < -0.4 is 5.32 Å². The summed E-state index contributed by atoms with van der Waals surface area (Å²) in [6.07, 6.45) is 7.12. The van der Waals surface area contributed by atoms with Crippen LogP contribution in [0.15, 0.2) is 72.8 Å². The lowest BCUT2D eigenvalue weighted by atomic mass is 9.64. The highest BCUT2D eigenvalue weighted by Crippen LogP contribution is 2.45. The highest BCUT2D eigenvalue weighted by atomic mass is 14.8. The fourth-order valence-electron chi connectivity index (χ4n) is 3.52. The molecule has 0 saturated heterocycles. The maximum atomic E-state index is 3.11. The van der Waals surface area contributed by atoms with Gasteiger partial charge < -0.3 is 5.32 Å². The van der Waals surface area contributed by atoms with Gasteiger partial charge in [-0.2, -0.15) is 0 Å². The largest absolute Gasteiger partial charge is 0.317 e. The maximum absolute atomic E-state index is 3.11. The third-order valence-electron chi connectivity index (χ3n) is 4.94. The molecule has 0 spiro atoms. The minimum absolute atomic E-state index is 0.206. The van der Waals surface area contributed by atoms with Crippen molar-refractivity contribution >= 4 is 0 Å². The van der Waals surface area contributed by atoms with Crippen molar-refractivity contribution in [1.29, 1.82) is 0 Å². The molecule has 0 aliphatic heterocycles. The second-order valence-corrected chi connectivity index (χ2v) is 6.60. The molecular weight excluding hydrogens is 290 g/mol. The molecule has 24 heavy (non-hydrogen) atoms. The third kappa shape index (κ3) is 4.58. The highest BCUT2D eigenvalue weighted by Gasteiger charge is 2.36. The molecular formula is C23H31N. The van der Waals surface area contributed by atoms with Gasteiger partial charge in [-0.3, -0.25) is 0 Å². The first kappa shape index (κ1) is 18.5. The van der Waals surface area contributed by atoms with Crippen LogP contribution in [0.4, 0.5) is 0 Å². The summed E-state index contributed by atoms with van der Waals surface area (Å²) >= 11 is 0. The van der Waals surface area contributed by atoms with Gasteiger partial charge >= 0.3 is 0 Å². The zero-order valence-electron chi connectivity index (χ0n) is 15.3. The van der Waals surface area contributed by atoms with Crippen molar-refractivity contribution in [1.82, 2.24) is 5.32 Å². The Labute approximate surface area is 147 Å². The monoisotopic (exact) mass is 321 g/mol. The molecule has 128 valence electrons.